The summed E-state index contributed by atoms with van der Waals surface area (Å²) in [6.45, 7) is 0.511. The molecule has 0 spiro atoms. The largest absolute Gasteiger partial charge is 0.394 e. The number of aliphatic hydroxyl groups is 1. The molecule has 5 atom stereocenters. The standard InChI is InChI=1S/C24H28O6/c1-3-14-27-21-20(15-25)30-24(26-2)23(29-17-19-12-8-5-9-13-19)22(21)28-16-18-10-6-4-7-11-18/h1,4-13,20-25H,14-17H2,2H3/t20-,21-,22+,23-,24+/m1/s1. The minimum Gasteiger partial charge on any atom is -0.394 e. The molecular formula is C24H28O6. The number of benzene rings is 2. The van der Waals surface area contributed by atoms with Crippen LogP contribution in [0.2, 0.25) is 0 Å². The van der Waals surface area contributed by atoms with Crippen molar-refractivity contribution in [3.05, 3.63) is 71.8 Å². The lowest BCUT2D eigenvalue weighted by Gasteiger charge is -2.45. The number of hydrogen-bond donors (Lipinski definition) is 1. The summed E-state index contributed by atoms with van der Waals surface area (Å²) in [5.41, 5.74) is 2.02. The molecule has 1 aliphatic rings. The van der Waals surface area contributed by atoms with Gasteiger partial charge in [-0.15, -0.1) is 6.42 Å². The van der Waals surface area contributed by atoms with Gasteiger partial charge in [-0.1, -0.05) is 66.6 Å². The maximum atomic E-state index is 9.86. The second-order valence-corrected chi connectivity index (χ2v) is 6.96. The zero-order chi connectivity index (χ0) is 21.2. The second kappa shape index (κ2) is 11.8. The lowest BCUT2D eigenvalue weighted by molar-refractivity contribution is -0.318. The highest BCUT2D eigenvalue weighted by atomic mass is 16.7. The molecular weight excluding hydrogens is 384 g/mol. The van der Waals surface area contributed by atoms with Crippen molar-refractivity contribution in [1.29, 1.82) is 0 Å². The van der Waals surface area contributed by atoms with Gasteiger partial charge in [-0.3, -0.25) is 0 Å². The predicted molar refractivity (Wildman–Crippen MR) is 111 cm³/mol. The topological polar surface area (TPSA) is 66.4 Å². The summed E-state index contributed by atoms with van der Waals surface area (Å²) in [4.78, 5) is 0. The van der Waals surface area contributed by atoms with Crippen LogP contribution in [0.1, 0.15) is 11.1 Å². The molecule has 0 radical (unpaired) electrons. The fourth-order valence-electron chi connectivity index (χ4n) is 3.46. The quantitative estimate of drug-likeness (QED) is 0.605. The molecule has 2 aromatic carbocycles. The highest BCUT2D eigenvalue weighted by molar-refractivity contribution is 5.14. The minimum atomic E-state index is -0.725. The maximum Gasteiger partial charge on any atom is 0.186 e. The summed E-state index contributed by atoms with van der Waals surface area (Å²) in [5, 5.41) is 9.86. The number of rotatable bonds is 10. The van der Waals surface area contributed by atoms with Crippen LogP contribution in [0.25, 0.3) is 0 Å². The number of hydrogen-bond acceptors (Lipinski definition) is 6. The van der Waals surface area contributed by atoms with E-state index in [1.54, 1.807) is 0 Å². The molecule has 1 aliphatic heterocycles. The van der Waals surface area contributed by atoms with Crippen molar-refractivity contribution < 1.29 is 28.8 Å². The molecule has 3 rings (SSSR count). The molecule has 0 unspecified atom stereocenters. The second-order valence-electron chi connectivity index (χ2n) is 6.96. The van der Waals surface area contributed by atoms with Crippen molar-refractivity contribution in [1.82, 2.24) is 0 Å². The van der Waals surface area contributed by atoms with E-state index < -0.39 is 30.7 Å². The molecule has 160 valence electrons. The van der Waals surface area contributed by atoms with Crippen LogP contribution < -0.4 is 0 Å². The summed E-state index contributed by atoms with van der Waals surface area (Å²) in [7, 11) is 1.54. The van der Waals surface area contributed by atoms with E-state index in [2.05, 4.69) is 5.92 Å². The molecule has 1 heterocycles. The predicted octanol–water partition coefficient (Wildman–Crippen LogP) is 2.54. The van der Waals surface area contributed by atoms with Crippen LogP contribution in [0, 0.1) is 12.3 Å². The third-order valence-corrected chi connectivity index (χ3v) is 4.93. The van der Waals surface area contributed by atoms with Crippen molar-refractivity contribution in [3.8, 4) is 12.3 Å². The average Bonchev–Trinajstić information content (AvgIpc) is 2.81. The number of terminal acetylenes is 1. The molecule has 6 nitrogen and oxygen atoms in total. The number of aliphatic hydroxyl groups excluding tert-OH is 1. The van der Waals surface area contributed by atoms with E-state index in [4.69, 9.17) is 30.1 Å². The molecule has 1 fully saturated rings. The summed E-state index contributed by atoms with van der Waals surface area (Å²) in [6, 6.07) is 19.6. The van der Waals surface area contributed by atoms with Gasteiger partial charge in [0.15, 0.2) is 6.29 Å². The summed E-state index contributed by atoms with van der Waals surface area (Å²) in [6.07, 6.45) is 2.27. The van der Waals surface area contributed by atoms with Crippen molar-refractivity contribution in [3.63, 3.8) is 0 Å². The molecule has 0 amide bonds. The third kappa shape index (κ3) is 5.89. The Hall–Kier alpha value is -2.24. The Morgan fingerprint density at radius 3 is 1.93 bits per heavy atom. The zero-order valence-corrected chi connectivity index (χ0v) is 17.1. The van der Waals surface area contributed by atoms with Crippen LogP contribution in [-0.4, -0.2) is 56.1 Å². The lowest BCUT2D eigenvalue weighted by atomic mass is 9.98. The Labute approximate surface area is 177 Å². The van der Waals surface area contributed by atoms with Crippen LogP contribution in [0.5, 0.6) is 0 Å². The summed E-state index contributed by atoms with van der Waals surface area (Å²) < 4.78 is 29.7. The fraction of sp³-hybridized carbons (Fsp3) is 0.417. The Morgan fingerprint density at radius 2 is 1.43 bits per heavy atom. The van der Waals surface area contributed by atoms with Crippen LogP contribution in [0.3, 0.4) is 0 Å². The molecule has 0 bridgehead atoms. The summed E-state index contributed by atoms with van der Waals surface area (Å²) in [5.74, 6) is 2.46. The Morgan fingerprint density at radius 1 is 0.867 bits per heavy atom. The first-order valence-corrected chi connectivity index (χ1v) is 9.92. The monoisotopic (exact) mass is 412 g/mol. The van der Waals surface area contributed by atoms with Gasteiger partial charge in [0.25, 0.3) is 0 Å². The van der Waals surface area contributed by atoms with Gasteiger partial charge in [-0.05, 0) is 11.1 Å². The lowest BCUT2D eigenvalue weighted by Crippen LogP contribution is -2.61. The van der Waals surface area contributed by atoms with E-state index in [0.29, 0.717) is 13.2 Å². The van der Waals surface area contributed by atoms with Crippen LogP contribution in [0.4, 0.5) is 0 Å². The maximum absolute atomic E-state index is 9.86. The molecule has 0 saturated carbocycles. The molecule has 30 heavy (non-hydrogen) atoms. The van der Waals surface area contributed by atoms with Crippen molar-refractivity contribution in [2.75, 3.05) is 20.3 Å². The van der Waals surface area contributed by atoms with Crippen LogP contribution in [-0.2, 0) is 36.9 Å². The average molecular weight is 412 g/mol. The van der Waals surface area contributed by atoms with E-state index in [-0.39, 0.29) is 13.2 Å². The van der Waals surface area contributed by atoms with Crippen molar-refractivity contribution >= 4 is 0 Å². The van der Waals surface area contributed by atoms with Gasteiger partial charge in [0.2, 0.25) is 0 Å². The molecule has 2 aromatic rings. The van der Waals surface area contributed by atoms with Gasteiger partial charge in [-0.25, -0.2) is 0 Å². The van der Waals surface area contributed by atoms with Gasteiger partial charge in [0, 0.05) is 7.11 Å². The van der Waals surface area contributed by atoms with E-state index in [0.717, 1.165) is 11.1 Å². The Bertz CT molecular complexity index is 775. The molecule has 1 N–H and O–H groups in total. The molecule has 1 saturated heterocycles. The SMILES string of the molecule is C#CCO[C@H]1[C@H](OCc2ccccc2)[C@@H](OCc2ccccc2)[C@@H](OC)O[C@@H]1CO. The number of ether oxygens (including phenoxy) is 5. The van der Waals surface area contributed by atoms with E-state index in [9.17, 15) is 5.11 Å². The normalized spacial score (nSPS) is 26.2. The first kappa shape index (κ1) is 22.4. The highest BCUT2D eigenvalue weighted by Crippen LogP contribution is 2.30. The zero-order valence-electron chi connectivity index (χ0n) is 17.1. The van der Waals surface area contributed by atoms with Gasteiger partial charge in [-0.2, -0.15) is 0 Å². The molecule has 0 aromatic heterocycles. The third-order valence-electron chi connectivity index (χ3n) is 4.93. The van der Waals surface area contributed by atoms with Gasteiger partial charge >= 0.3 is 0 Å². The smallest absolute Gasteiger partial charge is 0.186 e. The Balaban J connectivity index is 1.81. The van der Waals surface area contributed by atoms with E-state index in [1.807, 2.05) is 60.7 Å². The first-order valence-electron chi connectivity index (χ1n) is 9.92. The van der Waals surface area contributed by atoms with Gasteiger partial charge < -0.3 is 28.8 Å². The summed E-state index contributed by atoms with van der Waals surface area (Å²) >= 11 is 0. The highest BCUT2D eigenvalue weighted by Gasteiger charge is 2.48. The number of methoxy groups -OCH3 is 1. The molecule has 6 heteroatoms. The first-order chi connectivity index (χ1) is 14.8. The Kier molecular flexibility index (Phi) is 8.84. The molecule has 0 aliphatic carbocycles. The van der Waals surface area contributed by atoms with Gasteiger partial charge in [0.1, 0.15) is 31.0 Å². The fourth-order valence-corrected chi connectivity index (χ4v) is 3.46. The van der Waals surface area contributed by atoms with E-state index >= 15 is 0 Å². The van der Waals surface area contributed by atoms with Crippen molar-refractivity contribution in [2.45, 2.75) is 43.9 Å². The van der Waals surface area contributed by atoms with E-state index in [1.165, 1.54) is 7.11 Å². The van der Waals surface area contributed by atoms with Crippen molar-refractivity contribution in [2.24, 2.45) is 0 Å². The van der Waals surface area contributed by atoms with Gasteiger partial charge in [0.05, 0.1) is 19.8 Å². The minimum absolute atomic E-state index is 0.0682. The van der Waals surface area contributed by atoms with Crippen LogP contribution in [0.15, 0.2) is 60.7 Å². The van der Waals surface area contributed by atoms with Crippen LogP contribution >= 0.6 is 0 Å².